The number of carbonyl (C=O) groups excluding carboxylic acids is 2. The molecular formula is C22H21FN4O2. The van der Waals surface area contributed by atoms with E-state index >= 15 is 0 Å². The summed E-state index contributed by atoms with van der Waals surface area (Å²) in [7, 11) is 0. The Bertz CT molecular complexity index is 988. The molecule has 0 aliphatic carbocycles. The molecule has 29 heavy (non-hydrogen) atoms. The van der Waals surface area contributed by atoms with Gasteiger partial charge in [0.05, 0.1) is 5.69 Å². The van der Waals surface area contributed by atoms with Crippen LogP contribution < -0.4 is 10.2 Å². The standard InChI is InChI=1S/C22H21FN4O2/c1-16(28)17-5-4-6-19(13-17)25-22(29)18(14-24)15-26-9-11-27(12-10-26)21-8-3-2-7-20(21)23/h2-8,13,15H,9-12H2,1H3,(H,25,29)/b18-15-. The number of carbonyl (C=O) groups is 2. The average molecular weight is 392 g/mol. The first-order valence-corrected chi connectivity index (χ1v) is 9.25. The highest BCUT2D eigenvalue weighted by Crippen LogP contribution is 2.20. The van der Waals surface area contributed by atoms with E-state index in [4.69, 9.17) is 0 Å². The topological polar surface area (TPSA) is 76.4 Å². The fourth-order valence-electron chi connectivity index (χ4n) is 3.14. The summed E-state index contributed by atoms with van der Waals surface area (Å²) < 4.78 is 13.9. The Morgan fingerprint density at radius 2 is 1.83 bits per heavy atom. The fraction of sp³-hybridized carbons (Fsp3) is 0.227. The van der Waals surface area contributed by atoms with Gasteiger partial charge in [0.1, 0.15) is 17.5 Å². The molecule has 0 atom stereocenters. The molecule has 1 saturated heterocycles. The minimum absolute atomic E-state index is 0.0300. The van der Waals surface area contributed by atoms with E-state index in [1.54, 1.807) is 42.5 Å². The molecular weight excluding hydrogens is 371 g/mol. The van der Waals surface area contributed by atoms with E-state index < -0.39 is 5.91 Å². The first-order chi connectivity index (χ1) is 14.0. The number of anilines is 2. The summed E-state index contributed by atoms with van der Waals surface area (Å²) in [5, 5.41) is 12.0. The minimum atomic E-state index is -0.537. The van der Waals surface area contributed by atoms with Crippen LogP contribution in [0.5, 0.6) is 0 Å². The first kappa shape index (κ1) is 20.1. The number of nitrogens with zero attached hydrogens (tertiary/aromatic N) is 3. The Morgan fingerprint density at radius 3 is 2.48 bits per heavy atom. The van der Waals surface area contributed by atoms with Gasteiger partial charge in [0.2, 0.25) is 0 Å². The van der Waals surface area contributed by atoms with E-state index in [1.807, 2.05) is 15.9 Å². The summed E-state index contributed by atoms with van der Waals surface area (Å²) in [6, 6.07) is 15.1. The van der Waals surface area contributed by atoms with Gasteiger partial charge >= 0.3 is 0 Å². The van der Waals surface area contributed by atoms with Gasteiger partial charge in [-0.3, -0.25) is 9.59 Å². The van der Waals surface area contributed by atoms with Crippen LogP contribution in [0.2, 0.25) is 0 Å². The number of Topliss-reactive ketones (excluding diaryl/α,β-unsaturated/α-hetero) is 1. The average Bonchev–Trinajstić information content (AvgIpc) is 2.73. The van der Waals surface area contributed by atoms with Crippen molar-refractivity contribution in [3.05, 3.63) is 71.7 Å². The van der Waals surface area contributed by atoms with Crippen LogP contribution in [0.25, 0.3) is 0 Å². The number of hydrogen-bond donors (Lipinski definition) is 1. The van der Waals surface area contributed by atoms with E-state index in [0.717, 1.165) is 0 Å². The van der Waals surface area contributed by atoms with E-state index in [0.29, 0.717) is 43.1 Å². The number of benzene rings is 2. The number of amides is 1. The van der Waals surface area contributed by atoms with Gasteiger partial charge < -0.3 is 15.1 Å². The second kappa shape index (κ2) is 9.02. The lowest BCUT2D eigenvalue weighted by Crippen LogP contribution is -2.44. The molecule has 0 saturated carbocycles. The number of halogens is 1. The van der Waals surface area contributed by atoms with E-state index in [2.05, 4.69) is 5.32 Å². The molecule has 6 nitrogen and oxygen atoms in total. The third kappa shape index (κ3) is 4.99. The lowest BCUT2D eigenvalue weighted by Gasteiger charge is -2.35. The predicted molar refractivity (Wildman–Crippen MR) is 109 cm³/mol. The maximum atomic E-state index is 13.9. The highest BCUT2D eigenvalue weighted by molar-refractivity contribution is 6.07. The number of rotatable bonds is 5. The minimum Gasteiger partial charge on any atom is -0.373 e. The van der Waals surface area contributed by atoms with Gasteiger partial charge in [0, 0.05) is 43.6 Å². The van der Waals surface area contributed by atoms with Crippen LogP contribution in [-0.2, 0) is 4.79 Å². The van der Waals surface area contributed by atoms with Crippen molar-refractivity contribution in [3.63, 3.8) is 0 Å². The van der Waals surface area contributed by atoms with Gasteiger partial charge in [0.15, 0.2) is 5.78 Å². The zero-order chi connectivity index (χ0) is 20.8. The second-order valence-corrected chi connectivity index (χ2v) is 6.72. The van der Waals surface area contributed by atoms with E-state index in [-0.39, 0.29) is 17.2 Å². The summed E-state index contributed by atoms with van der Waals surface area (Å²) >= 11 is 0. The molecule has 1 N–H and O–H groups in total. The molecule has 2 aromatic carbocycles. The molecule has 1 aliphatic rings. The maximum Gasteiger partial charge on any atom is 0.267 e. The van der Waals surface area contributed by atoms with Crippen molar-refractivity contribution >= 4 is 23.1 Å². The zero-order valence-corrected chi connectivity index (χ0v) is 16.1. The molecule has 1 fully saturated rings. The van der Waals surface area contributed by atoms with Crippen molar-refractivity contribution in [2.24, 2.45) is 0 Å². The Labute approximate surface area is 168 Å². The van der Waals surface area contributed by atoms with Crippen LogP contribution in [0, 0.1) is 17.1 Å². The molecule has 2 aromatic rings. The smallest absolute Gasteiger partial charge is 0.267 e. The molecule has 148 valence electrons. The maximum absolute atomic E-state index is 13.9. The van der Waals surface area contributed by atoms with Gasteiger partial charge in [-0.1, -0.05) is 24.3 Å². The number of nitrogens with one attached hydrogen (secondary N) is 1. The summed E-state index contributed by atoms with van der Waals surface area (Å²) in [5.41, 5.74) is 1.46. The molecule has 0 aromatic heterocycles. The Balaban J connectivity index is 1.64. The van der Waals surface area contributed by atoms with Crippen molar-refractivity contribution in [2.45, 2.75) is 6.92 Å². The van der Waals surface area contributed by atoms with Crippen LogP contribution >= 0.6 is 0 Å². The molecule has 0 radical (unpaired) electrons. The number of nitriles is 1. The van der Waals surface area contributed by atoms with Gasteiger partial charge in [-0.2, -0.15) is 5.26 Å². The quantitative estimate of drug-likeness (QED) is 0.480. The number of para-hydroxylation sites is 1. The lowest BCUT2D eigenvalue weighted by atomic mass is 10.1. The molecule has 0 unspecified atom stereocenters. The lowest BCUT2D eigenvalue weighted by molar-refractivity contribution is -0.112. The largest absolute Gasteiger partial charge is 0.373 e. The highest BCUT2D eigenvalue weighted by atomic mass is 19.1. The Kier molecular flexibility index (Phi) is 6.25. The van der Waals surface area contributed by atoms with Crippen LogP contribution in [0.15, 0.2) is 60.3 Å². The molecule has 0 bridgehead atoms. The van der Waals surface area contributed by atoms with Crippen molar-refractivity contribution < 1.29 is 14.0 Å². The molecule has 1 heterocycles. The monoisotopic (exact) mass is 392 g/mol. The van der Waals surface area contributed by atoms with Crippen molar-refractivity contribution in [1.82, 2.24) is 4.90 Å². The second-order valence-electron chi connectivity index (χ2n) is 6.72. The van der Waals surface area contributed by atoms with E-state index in [1.165, 1.54) is 19.2 Å². The van der Waals surface area contributed by atoms with Gasteiger partial charge in [-0.25, -0.2) is 4.39 Å². The fourth-order valence-corrected chi connectivity index (χ4v) is 3.14. The van der Waals surface area contributed by atoms with Crippen LogP contribution in [-0.4, -0.2) is 42.8 Å². The van der Waals surface area contributed by atoms with Gasteiger partial charge in [0.25, 0.3) is 5.91 Å². The molecule has 3 rings (SSSR count). The normalized spacial score (nSPS) is 14.3. The molecule has 0 spiro atoms. The number of piperazine rings is 1. The molecule has 1 aliphatic heterocycles. The van der Waals surface area contributed by atoms with Crippen LogP contribution in [0.4, 0.5) is 15.8 Å². The third-order valence-electron chi connectivity index (χ3n) is 4.71. The van der Waals surface area contributed by atoms with Gasteiger partial charge in [-0.15, -0.1) is 0 Å². The van der Waals surface area contributed by atoms with Gasteiger partial charge in [-0.05, 0) is 31.2 Å². The summed E-state index contributed by atoms with van der Waals surface area (Å²) in [5.74, 6) is -0.906. The zero-order valence-electron chi connectivity index (χ0n) is 16.1. The highest BCUT2D eigenvalue weighted by Gasteiger charge is 2.19. The van der Waals surface area contributed by atoms with Crippen molar-refractivity contribution in [2.75, 3.05) is 36.4 Å². The summed E-state index contributed by atoms with van der Waals surface area (Å²) in [4.78, 5) is 27.8. The Hall–Kier alpha value is -3.66. The Morgan fingerprint density at radius 1 is 1.10 bits per heavy atom. The molecule has 7 heteroatoms. The summed E-state index contributed by atoms with van der Waals surface area (Å²) in [6.07, 6.45) is 1.53. The SMILES string of the molecule is CC(=O)c1cccc(NC(=O)/C(C#N)=C\N2CCN(c3ccccc3F)CC2)c1. The molecule has 1 amide bonds. The number of ketones is 1. The van der Waals surface area contributed by atoms with E-state index in [9.17, 15) is 19.2 Å². The number of hydrogen-bond acceptors (Lipinski definition) is 5. The first-order valence-electron chi connectivity index (χ1n) is 9.25. The predicted octanol–water partition coefficient (Wildman–Crippen LogP) is 3.20. The van der Waals surface area contributed by atoms with Crippen molar-refractivity contribution in [1.29, 1.82) is 5.26 Å². The van der Waals surface area contributed by atoms with Crippen LogP contribution in [0.3, 0.4) is 0 Å². The van der Waals surface area contributed by atoms with Crippen molar-refractivity contribution in [3.8, 4) is 6.07 Å². The summed E-state index contributed by atoms with van der Waals surface area (Å²) in [6.45, 7) is 3.73. The third-order valence-corrected chi connectivity index (χ3v) is 4.71. The van der Waals surface area contributed by atoms with Crippen LogP contribution in [0.1, 0.15) is 17.3 Å².